The quantitative estimate of drug-likeness (QED) is 0.245. The standard InChI is InChI=1S/C7H10N2O/c1-8-5-3-2-4-6-9-7-10/h2-6H2. The molecular formula is C7H10N2O. The van der Waals surface area contributed by atoms with Gasteiger partial charge in [0, 0.05) is 6.42 Å². The third kappa shape index (κ3) is 6.87. The van der Waals surface area contributed by atoms with E-state index in [1.165, 1.54) is 6.08 Å². The van der Waals surface area contributed by atoms with Gasteiger partial charge in [-0.2, -0.15) is 0 Å². The maximum Gasteiger partial charge on any atom is 0.234 e. The van der Waals surface area contributed by atoms with Crippen molar-refractivity contribution in [1.82, 2.24) is 0 Å². The molecule has 0 aromatic heterocycles. The van der Waals surface area contributed by atoms with Gasteiger partial charge in [0.05, 0.1) is 6.54 Å². The maximum absolute atomic E-state index is 9.55. The second-order valence-corrected chi connectivity index (χ2v) is 1.92. The molecule has 0 radical (unpaired) electrons. The van der Waals surface area contributed by atoms with Crippen molar-refractivity contribution in [2.75, 3.05) is 13.1 Å². The smallest absolute Gasteiger partial charge is 0.234 e. The zero-order valence-corrected chi connectivity index (χ0v) is 5.84. The molecule has 0 heterocycles. The first-order chi connectivity index (χ1) is 4.91. The van der Waals surface area contributed by atoms with Crippen LogP contribution in [0.2, 0.25) is 0 Å². The van der Waals surface area contributed by atoms with Gasteiger partial charge in [0.25, 0.3) is 0 Å². The van der Waals surface area contributed by atoms with Crippen molar-refractivity contribution >= 4 is 6.08 Å². The normalized spacial score (nSPS) is 7.90. The Balaban J connectivity index is 2.92. The van der Waals surface area contributed by atoms with Crippen molar-refractivity contribution in [3.05, 3.63) is 11.4 Å². The first kappa shape index (κ1) is 8.87. The van der Waals surface area contributed by atoms with Crippen molar-refractivity contribution < 1.29 is 4.79 Å². The minimum absolute atomic E-state index is 0.557. The largest absolute Gasteiger partial charge is 0.317 e. The fourth-order valence-corrected chi connectivity index (χ4v) is 0.604. The van der Waals surface area contributed by atoms with Gasteiger partial charge in [-0.3, -0.25) is 0 Å². The number of unbranched alkanes of at least 4 members (excludes halogenated alkanes) is 2. The first-order valence-electron chi connectivity index (χ1n) is 3.28. The van der Waals surface area contributed by atoms with Gasteiger partial charge < -0.3 is 4.85 Å². The number of aliphatic imine (C=N–C) groups is 1. The highest BCUT2D eigenvalue weighted by Gasteiger charge is 1.88. The third-order valence-electron chi connectivity index (χ3n) is 1.10. The summed E-state index contributed by atoms with van der Waals surface area (Å²) in [7, 11) is 0. The topological polar surface area (TPSA) is 33.8 Å². The van der Waals surface area contributed by atoms with Gasteiger partial charge in [-0.15, -0.1) is 0 Å². The summed E-state index contributed by atoms with van der Waals surface area (Å²) >= 11 is 0. The van der Waals surface area contributed by atoms with E-state index in [9.17, 15) is 4.79 Å². The Hall–Kier alpha value is -1.13. The van der Waals surface area contributed by atoms with Crippen LogP contribution in [0.1, 0.15) is 19.3 Å². The molecule has 0 unspecified atom stereocenters. The second-order valence-electron chi connectivity index (χ2n) is 1.92. The highest BCUT2D eigenvalue weighted by molar-refractivity contribution is 5.32. The summed E-state index contributed by atoms with van der Waals surface area (Å²) < 4.78 is 0. The molecule has 0 amide bonds. The van der Waals surface area contributed by atoms with Gasteiger partial charge in [0.15, 0.2) is 0 Å². The molecule has 0 saturated heterocycles. The van der Waals surface area contributed by atoms with Crippen LogP contribution in [-0.2, 0) is 4.79 Å². The van der Waals surface area contributed by atoms with Crippen LogP contribution in [0.5, 0.6) is 0 Å². The Morgan fingerprint density at radius 2 is 2.20 bits per heavy atom. The molecule has 0 aromatic carbocycles. The van der Waals surface area contributed by atoms with Gasteiger partial charge in [-0.25, -0.2) is 16.4 Å². The monoisotopic (exact) mass is 138 g/mol. The molecular weight excluding hydrogens is 128 g/mol. The Kier molecular flexibility index (Phi) is 6.98. The van der Waals surface area contributed by atoms with Gasteiger partial charge >= 0.3 is 0 Å². The predicted molar refractivity (Wildman–Crippen MR) is 38.3 cm³/mol. The lowest BCUT2D eigenvalue weighted by Gasteiger charge is -1.88. The number of hydrogen-bond donors (Lipinski definition) is 0. The lowest BCUT2D eigenvalue weighted by atomic mass is 10.2. The van der Waals surface area contributed by atoms with Crippen molar-refractivity contribution in [2.24, 2.45) is 4.99 Å². The van der Waals surface area contributed by atoms with E-state index < -0.39 is 0 Å². The lowest BCUT2D eigenvalue weighted by Crippen LogP contribution is -1.82. The number of hydrogen-bond acceptors (Lipinski definition) is 2. The molecule has 0 aliphatic carbocycles. The van der Waals surface area contributed by atoms with Gasteiger partial charge in [0.1, 0.15) is 0 Å². The van der Waals surface area contributed by atoms with E-state index >= 15 is 0 Å². The number of carbonyl (C=O) groups excluding carboxylic acids is 1. The molecule has 0 atom stereocenters. The van der Waals surface area contributed by atoms with Crippen LogP contribution < -0.4 is 0 Å². The van der Waals surface area contributed by atoms with E-state index in [0.29, 0.717) is 13.1 Å². The molecule has 10 heavy (non-hydrogen) atoms. The zero-order valence-electron chi connectivity index (χ0n) is 5.84. The molecule has 0 fully saturated rings. The van der Waals surface area contributed by atoms with E-state index in [0.717, 1.165) is 19.3 Å². The Morgan fingerprint density at radius 1 is 1.40 bits per heavy atom. The third-order valence-corrected chi connectivity index (χ3v) is 1.10. The lowest BCUT2D eigenvalue weighted by molar-refractivity contribution is 0.561. The summed E-state index contributed by atoms with van der Waals surface area (Å²) in [5, 5.41) is 0. The average molecular weight is 138 g/mol. The van der Waals surface area contributed by atoms with E-state index in [2.05, 4.69) is 9.84 Å². The van der Waals surface area contributed by atoms with Crippen LogP contribution >= 0.6 is 0 Å². The predicted octanol–water partition coefficient (Wildman–Crippen LogP) is 1.41. The molecule has 0 rings (SSSR count). The molecule has 0 aromatic rings. The Bertz CT molecular complexity index is 153. The highest BCUT2D eigenvalue weighted by Crippen LogP contribution is 1.94. The van der Waals surface area contributed by atoms with E-state index in [1.807, 2.05) is 0 Å². The molecule has 0 saturated carbocycles. The van der Waals surface area contributed by atoms with Crippen molar-refractivity contribution in [2.45, 2.75) is 19.3 Å². The van der Waals surface area contributed by atoms with Crippen LogP contribution in [0.3, 0.4) is 0 Å². The molecule has 0 spiro atoms. The van der Waals surface area contributed by atoms with Crippen LogP contribution in [0, 0.1) is 6.57 Å². The maximum atomic E-state index is 9.55. The van der Waals surface area contributed by atoms with Crippen molar-refractivity contribution in [1.29, 1.82) is 0 Å². The van der Waals surface area contributed by atoms with Gasteiger partial charge in [-0.1, -0.05) is 0 Å². The van der Waals surface area contributed by atoms with Crippen molar-refractivity contribution in [3.8, 4) is 0 Å². The van der Waals surface area contributed by atoms with Crippen LogP contribution in [0.4, 0.5) is 0 Å². The molecule has 0 aliphatic rings. The van der Waals surface area contributed by atoms with Crippen LogP contribution in [0.25, 0.3) is 4.85 Å². The van der Waals surface area contributed by atoms with Gasteiger partial charge in [-0.05, 0) is 12.8 Å². The van der Waals surface area contributed by atoms with E-state index in [-0.39, 0.29) is 0 Å². The first-order valence-corrected chi connectivity index (χ1v) is 3.28. The van der Waals surface area contributed by atoms with Crippen LogP contribution in [0.15, 0.2) is 4.99 Å². The summed E-state index contributed by atoms with van der Waals surface area (Å²) in [6, 6.07) is 0. The summed E-state index contributed by atoms with van der Waals surface area (Å²) in [5.74, 6) is 0. The summed E-state index contributed by atoms with van der Waals surface area (Å²) in [6.45, 7) is 7.60. The Labute approximate surface area is 60.6 Å². The summed E-state index contributed by atoms with van der Waals surface area (Å²) in [6.07, 6.45) is 4.26. The van der Waals surface area contributed by atoms with Crippen LogP contribution in [-0.4, -0.2) is 19.2 Å². The second kappa shape index (κ2) is 7.87. The minimum atomic E-state index is 0.557. The molecule has 0 N–H and O–H groups in total. The zero-order chi connectivity index (χ0) is 7.66. The number of rotatable bonds is 5. The van der Waals surface area contributed by atoms with Gasteiger partial charge in [0.2, 0.25) is 12.6 Å². The molecule has 0 aliphatic heterocycles. The number of nitrogens with zero attached hydrogens (tertiary/aromatic N) is 2. The summed E-state index contributed by atoms with van der Waals surface area (Å²) in [4.78, 5) is 16.1. The van der Waals surface area contributed by atoms with E-state index in [4.69, 9.17) is 6.57 Å². The summed E-state index contributed by atoms with van der Waals surface area (Å²) in [5.41, 5.74) is 0. The molecule has 3 heteroatoms. The molecule has 3 nitrogen and oxygen atoms in total. The average Bonchev–Trinajstić information content (AvgIpc) is 1.97. The highest BCUT2D eigenvalue weighted by atomic mass is 16.1. The van der Waals surface area contributed by atoms with E-state index in [1.54, 1.807) is 0 Å². The fourth-order valence-electron chi connectivity index (χ4n) is 0.604. The number of isocyanates is 1. The minimum Gasteiger partial charge on any atom is -0.317 e. The molecule has 0 bridgehead atoms. The van der Waals surface area contributed by atoms with Crippen molar-refractivity contribution in [3.63, 3.8) is 0 Å². The Morgan fingerprint density at radius 3 is 2.80 bits per heavy atom. The molecule has 54 valence electrons. The fraction of sp³-hybridized carbons (Fsp3) is 0.714. The SMILES string of the molecule is [C-]#[N+]CCCCCN=C=O.